The molecule has 21 heavy (non-hydrogen) atoms. The zero-order chi connectivity index (χ0) is 15.6. The van der Waals surface area contributed by atoms with E-state index < -0.39 is 5.56 Å². The van der Waals surface area contributed by atoms with Crippen molar-refractivity contribution >= 4 is 11.6 Å². The van der Waals surface area contributed by atoms with E-state index in [4.69, 9.17) is 11.6 Å². The van der Waals surface area contributed by atoms with E-state index >= 15 is 0 Å². The van der Waals surface area contributed by atoms with Crippen molar-refractivity contribution in [1.29, 1.82) is 0 Å². The number of aromatic hydroxyl groups is 1. The third-order valence-corrected chi connectivity index (χ3v) is 3.47. The van der Waals surface area contributed by atoms with Gasteiger partial charge in [0, 0.05) is 23.7 Å². The van der Waals surface area contributed by atoms with Crippen molar-refractivity contribution in [3.8, 4) is 11.4 Å². The van der Waals surface area contributed by atoms with Crippen molar-refractivity contribution in [2.75, 3.05) is 0 Å². The van der Waals surface area contributed by atoms with Crippen molar-refractivity contribution in [1.82, 2.24) is 15.1 Å². The molecule has 112 valence electrons. The summed E-state index contributed by atoms with van der Waals surface area (Å²) >= 11 is 6.08. The number of nitrogens with one attached hydrogen (secondary N) is 1. The van der Waals surface area contributed by atoms with Crippen LogP contribution in [0.25, 0.3) is 5.69 Å². The van der Waals surface area contributed by atoms with Crippen molar-refractivity contribution in [2.24, 2.45) is 0 Å². The molecule has 0 aliphatic carbocycles. The van der Waals surface area contributed by atoms with Gasteiger partial charge in [0.25, 0.3) is 5.56 Å². The number of halogens is 1. The Morgan fingerprint density at radius 2 is 2.10 bits per heavy atom. The lowest BCUT2D eigenvalue weighted by molar-refractivity contribution is 0.447. The predicted octanol–water partition coefficient (Wildman–Crippen LogP) is 2.40. The summed E-state index contributed by atoms with van der Waals surface area (Å²) in [6.07, 6.45) is 0. The Labute approximate surface area is 128 Å². The molecule has 0 fully saturated rings. The summed E-state index contributed by atoms with van der Waals surface area (Å²) in [7, 11) is 0. The molecule has 2 rings (SSSR count). The molecule has 0 radical (unpaired) electrons. The average molecular weight is 308 g/mol. The minimum absolute atomic E-state index is 0.109. The molecule has 2 aromatic rings. The van der Waals surface area contributed by atoms with E-state index in [1.165, 1.54) is 4.68 Å². The molecule has 0 bridgehead atoms. The number of nitrogens with zero attached hydrogens (tertiary/aromatic N) is 2. The monoisotopic (exact) mass is 307 g/mol. The van der Waals surface area contributed by atoms with Gasteiger partial charge in [0.1, 0.15) is 11.4 Å². The second-order valence-corrected chi connectivity index (χ2v) is 5.60. The molecule has 0 unspecified atom stereocenters. The van der Waals surface area contributed by atoms with Crippen LogP contribution in [0.1, 0.15) is 25.1 Å². The van der Waals surface area contributed by atoms with Crippen LogP contribution in [0.5, 0.6) is 5.75 Å². The quantitative estimate of drug-likeness (QED) is 0.910. The Morgan fingerprint density at radius 1 is 1.38 bits per heavy atom. The van der Waals surface area contributed by atoms with Gasteiger partial charge < -0.3 is 10.4 Å². The Kier molecular flexibility index (Phi) is 4.65. The summed E-state index contributed by atoms with van der Waals surface area (Å²) in [5, 5.41) is 17.8. The standard InChI is InChI=1S/C15H18ClN3O2/c1-9(2)17-8-13-14(20)7-15(21)19(18-13)11-5-4-10(3)12(16)6-11/h4-7,9,17,20H,8H2,1-3H3. The van der Waals surface area contributed by atoms with Crippen LogP contribution < -0.4 is 10.9 Å². The SMILES string of the molecule is Cc1ccc(-n2nc(CNC(C)C)c(O)cc2=O)cc1Cl. The molecule has 0 saturated carbocycles. The average Bonchev–Trinajstić information content (AvgIpc) is 2.41. The number of benzene rings is 1. The summed E-state index contributed by atoms with van der Waals surface area (Å²) in [5.74, 6) is -0.109. The summed E-state index contributed by atoms with van der Waals surface area (Å²) < 4.78 is 1.24. The van der Waals surface area contributed by atoms with Gasteiger partial charge >= 0.3 is 0 Å². The molecule has 2 N–H and O–H groups in total. The third-order valence-electron chi connectivity index (χ3n) is 3.06. The van der Waals surface area contributed by atoms with E-state index in [1.54, 1.807) is 12.1 Å². The minimum Gasteiger partial charge on any atom is -0.506 e. The molecule has 0 aliphatic rings. The second-order valence-electron chi connectivity index (χ2n) is 5.20. The maximum Gasteiger partial charge on any atom is 0.275 e. The first-order valence-electron chi connectivity index (χ1n) is 6.70. The first kappa shape index (κ1) is 15.5. The van der Waals surface area contributed by atoms with Gasteiger partial charge in [-0.05, 0) is 24.6 Å². The highest BCUT2D eigenvalue weighted by Crippen LogP contribution is 2.19. The lowest BCUT2D eigenvalue weighted by atomic mass is 10.2. The van der Waals surface area contributed by atoms with Gasteiger partial charge in [0.05, 0.1) is 5.69 Å². The fraction of sp³-hybridized carbons (Fsp3) is 0.333. The highest BCUT2D eigenvalue weighted by molar-refractivity contribution is 6.31. The van der Waals surface area contributed by atoms with Crippen molar-refractivity contribution in [2.45, 2.75) is 33.4 Å². The Hall–Kier alpha value is -1.85. The van der Waals surface area contributed by atoms with Gasteiger partial charge in [-0.2, -0.15) is 9.78 Å². The van der Waals surface area contributed by atoms with E-state index in [0.29, 0.717) is 22.9 Å². The largest absolute Gasteiger partial charge is 0.506 e. The Morgan fingerprint density at radius 3 is 2.71 bits per heavy atom. The van der Waals surface area contributed by atoms with Crippen LogP contribution >= 0.6 is 11.6 Å². The molecule has 0 amide bonds. The third kappa shape index (κ3) is 3.62. The number of rotatable bonds is 4. The van der Waals surface area contributed by atoms with E-state index in [0.717, 1.165) is 11.6 Å². The van der Waals surface area contributed by atoms with E-state index in [1.807, 2.05) is 26.8 Å². The molecule has 0 atom stereocenters. The fourth-order valence-electron chi connectivity index (χ4n) is 1.81. The lowest BCUT2D eigenvalue weighted by Crippen LogP contribution is -2.26. The van der Waals surface area contributed by atoms with E-state index in [9.17, 15) is 9.90 Å². The maximum atomic E-state index is 12.0. The molecular weight excluding hydrogens is 290 g/mol. The van der Waals surface area contributed by atoms with Crippen LogP contribution in [-0.4, -0.2) is 20.9 Å². The molecule has 1 heterocycles. The fourth-order valence-corrected chi connectivity index (χ4v) is 1.98. The van der Waals surface area contributed by atoms with Crippen molar-refractivity contribution < 1.29 is 5.11 Å². The van der Waals surface area contributed by atoms with Gasteiger partial charge in [-0.25, -0.2) is 0 Å². The Balaban J connectivity index is 2.45. The molecule has 5 nitrogen and oxygen atoms in total. The van der Waals surface area contributed by atoms with Crippen LogP contribution in [0.3, 0.4) is 0 Å². The molecular formula is C15H18ClN3O2. The molecule has 0 aliphatic heterocycles. The molecule has 1 aromatic heterocycles. The van der Waals surface area contributed by atoms with Gasteiger partial charge in [0.15, 0.2) is 0 Å². The number of aromatic nitrogens is 2. The zero-order valence-corrected chi connectivity index (χ0v) is 13.0. The number of hydrogen-bond donors (Lipinski definition) is 2. The summed E-state index contributed by atoms with van der Waals surface area (Å²) in [6.45, 7) is 6.25. The van der Waals surface area contributed by atoms with Crippen LogP contribution in [-0.2, 0) is 6.54 Å². The van der Waals surface area contributed by atoms with Crippen LogP contribution in [0.2, 0.25) is 5.02 Å². The lowest BCUT2D eigenvalue weighted by Gasteiger charge is -2.12. The first-order chi connectivity index (χ1) is 9.88. The minimum atomic E-state index is -0.402. The topological polar surface area (TPSA) is 67.2 Å². The summed E-state index contributed by atoms with van der Waals surface area (Å²) in [6, 6.07) is 6.69. The molecule has 6 heteroatoms. The van der Waals surface area contributed by atoms with Crippen molar-refractivity contribution in [3.05, 3.63) is 50.9 Å². The first-order valence-corrected chi connectivity index (χ1v) is 7.08. The molecule has 1 aromatic carbocycles. The van der Waals surface area contributed by atoms with Crippen LogP contribution in [0.15, 0.2) is 29.1 Å². The summed E-state index contributed by atoms with van der Waals surface area (Å²) in [5.41, 5.74) is 1.51. The maximum absolute atomic E-state index is 12.0. The normalized spacial score (nSPS) is 11.1. The second kappa shape index (κ2) is 6.28. The van der Waals surface area contributed by atoms with Gasteiger partial charge in [-0.3, -0.25) is 4.79 Å². The van der Waals surface area contributed by atoms with E-state index in [-0.39, 0.29) is 11.8 Å². The number of hydrogen-bond acceptors (Lipinski definition) is 4. The highest BCUT2D eigenvalue weighted by Gasteiger charge is 2.10. The van der Waals surface area contributed by atoms with E-state index in [2.05, 4.69) is 10.4 Å². The Bertz CT molecular complexity index is 711. The molecule has 0 spiro atoms. The van der Waals surface area contributed by atoms with Crippen LogP contribution in [0.4, 0.5) is 0 Å². The predicted molar refractivity (Wildman–Crippen MR) is 83.2 cm³/mol. The van der Waals surface area contributed by atoms with Gasteiger partial charge in [-0.15, -0.1) is 0 Å². The van der Waals surface area contributed by atoms with Gasteiger partial charge in [0.2, 0.25) is 0 Å². The number of aryl methyl sites for hydroxylation is 1. The smallest absolute Gasteiger partial charge is 0.275 e. The molecule has 0 saturated heterocycles. The summed E-state index contributed by atoms with van der Waals surface area (Å²) in [4.78, 5) is 12.0. The van der Waals surface area contributed by atoms with Crippen LogP contribution in [0, 0.1) is 6.92 Å². The van der Waals surface area contributed by atoms with Crippen molar-refractivity contribution in [3.63, 3.8) is 0 Å². The highest BCUT2D eigenvalue weighted by atomic mass is 35.5. The van der Waals surface area contributed by atoms with Gasteiger partial charge in [-0.1, -0.05) is 31.5 Å². The zero-order valence-electron chi connectivity index (χ0n) is 12.2.